The molecule has 1 amide bonds. The van der Waals surface area contributed by atoms with Gasteiger partial charge >= 0.3 is 0 Å². The molecule has 21 heavy (non-hydrogen) atoms. The number of aryl methyl sites for hydroxylation is 2. The number of nitrogens with one attached hydrogen (secondary N) is 1. The SMILES string of the molecule is Cc1ccccc1N(C)C(=O)c1cccc2c1NCCC2. The van der Waals surface area contributed by atoms with Crippen LogP contribution in [0.25, 0.3) is 0 Å². The monoisotopic (exact) mass is 280 g/mol. The summed E-state index contributed by atoms with van der Waals surface area (Å²) in [5, 5.41) is 3.39. The second-order valence-electron chi connectivity index (χ2n) is 5.52. The Kier molecular flexibility index (Phi) is 3.65. The van der Waals surface area contributed by atoms with Crippen molar-refractivity contribution in [2.45, 2.75) is 19.8 Å². The van der Waals surface area contributed by atoms with Gasteiger partial charge in [-0.15, -0.1) is 0 Å². The molecule has 108 valence electrons. The predicted molar refractivity (Wildman–Crippen MR) is 87.2 cm³/mol. The lowest BCUT2D eigenvalue weighted by Crippen LogP contribution is -2.28. The highest BCUT2D eigenvalue weighted by Gasteiger charge is 2.21. The smallest absolute Gasteiger partial charge is 0.260 e. The van der Waals surface area contributed by atoms with Crippen LogP contribution in [0.2, 0.25) is 0 Å². The van der Waals surface area contributed by atoms with Crippen molar-refractivity contribution >= 4 is 17.3 Å². The van der Waals surface area contributed by atoms with Gasteiger partial charge in [-0.1, -0.05) is 30.3 Å². The van der Waals surface area contributed by atoms with Crippen molar-refractivity contribution in [1.82, 2.24) is 0 Å². The zero-order valence-corrected chi connectivity index (χ0v) is 12.5. The Labute approximate surface area is 125 Å². The first-order chi connectivity index (χ1) is 10.2. The summed E-state index contributed by atoms with van der Waals surface area (Å²) in [6.45, 7) is 2.96. The molecule has 1 heterocycles. The second-order valence-corrected chi connectivity index (χ2v) is 5.52. The van der Waals surface area contributed by atoms with Crippen LogP contribution < -0.4 is 10.2 Å². The van der Waals surface area contributed by atoms with Gasteiger partial charge in [-0.3, -0.25) is 4.79 Å². The molecule has 0 bridgehead atoms. The molecule has 0 spiro atoms. The topological polar surface area (TPSA) is 32.3 Å². The largest absolute Gasteiger partial charge is 0.384 e. The first-order valence-corrected chi connectivity index (χ1v) is 7.38. The van der Waals surface area contributed by atoms with Crippen LogP contribution in [0.1, 0.15) is 27.9 Å². The number of rotatable bonds is 2. The van der Waals surface area contributed by atoms with E-state index in [-0.39, 0.29) is 5.91 Å². The quantitative estimate of drug-likeness (QED) is 0.911. The number of benzene rings is 2. The van der Waals surface area contributed by atoms with E-state index in [0.29, 0.717) is 0 Å². The maximum atomic E-state index is 12.9. The highest BCUT2D eigenvalue weighted by atomic mass is 16.2. The minimum Gasteiger partial charge on any atom is -0.384 e. The van der Waals surface area contributed by atoms with E-state index in [1.165, 1.54) is 5.56 Å². The molecule has 3 nitrogen and oxygen atoms in total. The summed E-state index contributed by atoms with van der Waals surface area (Å²) in [7, 11) is 1.84. The van der Waals surface area contributed by atoms with E-state index in [2.05, 4.69) is 11.4 Å². The van der Waals surface area contributed by atoms with Gasteiger partial charge in [0.2, 0.25) is 0 Å². The third kappa shape index (κ3) is 2.51. The Morgan fingerprint density at radius 2 is 1.95 bits per heavy atom. The van der Waals surface area contributed by atoms with Crippen LogP contribution in [0.5, 0.6) is 0 Å². The molecule has 1 aliphatic rings. The van der Waals surface area contributed by atoms with Gasteiger partial charge in [0, 0.05) is 19.3 Å². The molecule has 1 aliphatic heterocycles. The predicted octanol–water partition coefficient (Wildman–Crippen LogP) is 3.63. The number of carbonyl (C=O) groups excluding carboxylic acids is 1. The summed E-state index contributed by atoms with van der Waals surface area (Å²) in [5.74, 6) is 0.0375. The molecule has 0 atom stereocenters. The second kappa shape index (κ2) is 5.60. The molecule has 0 unspecified atom stereocenters. The van der Waals surface area contributed by atoms with Crippen molar-refractivity contribution in [2.24, 2.45) is 0 Å². The van der Waals surface area contributed by atoms with Gasteiger partial charge in [-0.05, 0) is 43.0 Å². The van der Waals surface area contributed by atoms with Gasteiger partial charge < -0.3 is 10.2 Å². The molecule has 0 fully saturated rings. The lowest BCUT2D eigenvalue weighted by molar-refractivity contribution is 0.0993. The summed E-state index contributed by atoms with van der Waals surface area (Å²) in [6, 6.07) is 14.0. The zero-order chi connectivity index (χ0) is 14.8. The highest BCUT2D eigenvalue weighted by molar-refractivity contribution is 6.10. The Morgan fingerprint density at radius 1 is 1.14 bits per heavy atom. The van der Waals surface area contributed by atoms with E-state index >= 15 is 0 Å². The van der Waals surface area contributed by atoms with Crippen molar-refractivity contribution in [1.29, 1.82) is 0 Å². The number of hydrogen-bond acceptors (Lipinski definition) is 2. The first kappa shape index (κ1) is 13.7. The Balaban J connectivity index is 1.98. The lowest BCUT2D eigenvalue weighted by atomic mass is 9.98. The van der Waals surface area contributed by atoms with Crippen molar-refractivity contribution in [2.75, 3.05) is 23.8 Å². The van der Waals surface area contributed by atoms with Crippen molar-refractivity contribution in [3.05, 3.63) is 59.2 Å². The molecule has 2 aromatic carbocycles. The number of carbonyl (C=O) groups is 1. The first-order valence-electron chi connectivity index (χ1n) is 7.38. The highest BCUT2D eigenvalue weighted by Crippen LogP contribution is 2.28. The number of nitrogens with zero attached hydrogens (tertiary/aromatic N) is 1. The van der Waals surface area contributed by atoms with Crippen LogP contribution in [0, 0.1) is 6.92 Å². The third-order valence-corrected chi connectivity index (χ3v) is 4.09. The molecule has 1 N–H and O–H groups in total. The number of fused-ring (bicyclic) bond motifs is 1. The molecule has 3 rings (SSSR count). The van der Waals surface area contributed by atoms with E-state index in [1.54, 1.807) is 4.90 Å². The Morgan fingerprint density at radius 3 is 2.76 bits per heavy atom. The van der Waals surface area contributed by atoms with Gasteiger partial charge in [-0.2, -0.15) is 0 Å². The molecular formula is C18H20N2O. The number of anilines is 2. The molecular weight excluding hydrogens is 260 g/mol. The van der Waals surface area contributed by atoms with Gasteiger partial charge in [0.15, 0.2) is 0 Å². The third-order valence-electron chi connectivity index (χ3n) is 4.09. The standard InChI is InChI=1S/C18H20N2O/c1-13-7-3-4-11-16(13)20(2)18(21)15-10-5-8-14-9-6-12-19-17(14)15/h3-5,7-8,10-11,19H,6,9,12H2,1-2H3. The van der Waals surface area contributed by atoms with E-state index in [0.717, 1.165) is 41.9 Å². The van der Waals surface area contributed by atoms with Crippen molar-refractivity contribution in [3.63, 3.8) is 0 Å². The maximum Gasteiger partial charge on any atom is 0.260 e. The van der Waals surface area contributed by atoms with Crippen LogP contribution in [0.4, 0.5) is 11.4 Å². The van der Waals surface area contributed by atoms with Crippen LogP contribution in [0.15, 0.2) is 42.5 Å². The van der Waals surface area contributed by atoms with Crippen LogP contribution in [-0.4, -0.2) is 19.5 Å². The average Bonchev–Trinajstić information content (AvgIpc) is 2.53. The van der Waals surface area contributed by atoms with E-state index < -0.39 is 0 Å². The summed E-state index contributed by atoms with van der Waals surface area (Å²) in [6.07, 6.45) is 2.16. The zero-order valence-electron chi connectivity index (χ0n) is 12.5. The van der Waals surface area contributed by atoms with Crippen LogP contribution >= 0.6 is 0 Å². The lowest BCUT2D eigenvalue weighted by Gasteiger charge is -2.24. The minimum absolute atomic E-state index is 0.0375. The van der Waals surface area contributed by atoms with Gasteiger partial charge in [-0.25, -0.2) is 0 Å². The fraction of sp³-hybridized carbons (Fsp3) is 0.278. The Hall–Kier alpha value is -2.29. The molecule has 0 saturated heterocycles. The fourth-order valence-electron chi connectivity index (χ4n) is 2.92. The van der Waals surface area contributed by atoms with Crippen LogP contribution in [0.3, 0.4) is 0 Å². The number of amides is 1. The molecule has 0 aromatic heterocycles. The van der Waals surface area contributed by atoms with Gasteiger partial charge in [0.25, 0.3) is 5.91 Å². The molecule has 0 aliphatic carbocycles. The fourth-order valence-corrected chi connectivity index (χ4v) is 2.92. The molecule has 2 aromatic rings. The molecule has 0 radical (unpaired) electrons. The van der Waals surface area contributed by atoms with E-state index in [4.69, 9.17) is 0 Å². The number of para-hydroxylation sites is 2. The van der Waals surface area contributed by atoms with Gasteiger partial charge in [0.05, 0.1) is 11.3 Å². The van der Waals surface area contributed by atoms with E-state index in [9.17, 15) is 4.79 Å². The summed E-state index contributed by atoms with van der Waals surface area (Å²) >= 11 is 0. The Bertz CT molecular complexity index is 679. The van der Waals surface area contributed by atoms with E-state index in [1.807, 2.05) is 50.4 Å². The molecule has 3 heteroatoms. The minimum atomic E-state index is 0.0375. The average molecular weight is 280 g/mol. The molecule has 0 saturated carbocycles. The number of hydrogen-bond donors (Lipinski definition) is 1. The normalized spacial score (nSPS) is 13.2. The van der Waals surface area contributed by atoms with Crippen LogP contribution in [-0.2, 0) is 6.42 Å². The summed E-state index contributed by atoms with van der Waals surface area (Å²) in [5.41, 5.74) is 5.07. The summed E-state index contributed by atoms with van der Waals surface area (Å²) in [4.78, 5) is 14.6. The summed E-state index contributed by atoms with van der Waals surface area (Å²) < 4.78 is 0. The van der Waals surface area contributed by atoms with Crippen molar-refractivity contribution < 1.29 is 4.79 Å². The van der Waals surface area contributed by atoms with Gasteiger partial charge in [0.1, 0.15) is 0 Å². The van der Waals surface area contributed by atoms with Crippen molar-refractivity contribution in [3.8, 4) is 0 Å². The maximum absolute atomic E-state index is 12.9.